The van der Waals surface area contributed by atoms with Gasteiger partial charge < -0.3 is 10.8 Å². The van der Waals surface area contributed by atoms with Crippen LogP contribution in [0.2, 0.25) is 0 Å². The van der Waals surface area contributed by atoms with Gasteiger partial charge in [-0.3, -0.25) is 9.80 Å². The van der Waals surface area contributed by atoms with Crippen LogP contribution in [-0.4, -0.2) is 66.3 Å². The normalized spacial score (nSPS) is 22.2. The number of aliphatic hydroxyl groups is 1. The zero-order chi connectivity index (χ0) is 11.3. The Morgan fingerprint density at radius 2 is 1.80 bits per heavy atom. The van der Waals surface area contributed by atoms with Crippen molar-refractivity contribution >= 4 is 0 Å². The van der Waals surface area contributed by atoms with E-state index in [9.17, 15) is 5.11 Å². The fraction of sp³-hybridized carbons (Fsp3) is 1.00. The van der Waals surface area contributed by atoms with Gasteiger partial charge in [0, 0.05) is 38.8 Å². The van der Waals surface area contributed by atoms with Gasteiger partial charge >= 0.3 is 0 Å². The molecule has 1 heterocycles. The summed E-state index contributed by atoms with van der Waals surface area (Å²) in [6.07, 6.45) is 0.463. The molecule has 0 aromatic carbocycles. The second-order valence-electron chi connectivity index (χ2n) is 4.66. The van der Waals surface area contributed by atoms with Gasteiger partial charge in [-0.25, -0.2) is 0 Å². The van der Waals surface area contributed by atoms with Crippen LogP contribution in [0, 0.1) is 0 Å². The van der Waals surface area contributed by atoms with E-state index in [1.807, 2.05) is 0 Å². The maximum Gasteiger partial charge on any atom is 0.0679 e. The maximum absolute atomic E-state index is 9.64. The molecule has 1 atom stereocenters. The highest BCUT2D eigenvalue weighted by atomic mass is 16.3. The van der Waals surface area contributed by atoms with Gasteiger partial charge in [-0.15, -0.1) is 0 Å². The summed E-state index contributed by atoms with van der Waals surface area (Å²) in [5.74, 6) is 0. The smallest absolute Gasteiger partial charge is 0.0679 e. The average molecular weight is 215 g/mol. The molecule has 0 saturated carbocycles. The largest absolute Gasteiger partial charge is 0.392 e. The van der Waals surface area contributed by atoms with E-state index >= 15 is 0 Å². The first kappa shape index (κ1) is 12.9. The molecule has 4 nitrogen and oxygen atoms in total. The van der Waals surface area contributed by atoms with Gasteiger partial charge in [0.2, 0.25) is 0 Å². The molecule has 0 amide bonds. The van der Waals surface area contributed by atoms with E-state index in [-0.39, 0.29) is 6.10 Å². The number of nitrogens with two attached hydrogens (primary N) is 1. The van der Waals surface area contributed by atoms with Crippen molar-refractivity contribution in [2.75, 3.05) is 39.3 Å². The van der Waals surface area contributed by atoms with Crippen LogP contribution < -0.4 is 5.73 Å². The molecule has 0 radical (unpaired) electrons. The van der Waals surface area contributed by atoms with Crippen LogP contribution in [0.4, 0.5) is 0 Å². The van der Waals surface area contributed by atoms with E-state index < -0.39 is 0 Å². The van der Waals surface area contributed by atoms with Crippen molar-refractivity contribution in [1.82, 2.24) is 9.80 Å². The number of hydrogen-bond acceptors (Lipinski definition) is 4. The standard InChI is InChI=1S/C11H25N3O/c1-10(2)14-7-5-13(6-8-14)9-11(15)3-4-12/h10-11,15H,3-9,12H2,1-2H3. The van der Waals surface area contributed by atoms with Gasteiger partial charge in [-0.1, -0.05) is 0 Å². The molecule has 1 aliphatic rings. The summed E-state index contributed by atoms with van der Waals surface area (Å²) in [6.45, 7) is 10.2. The Kier molecular flexibility index (Phi) is 5.53. The fourth-order valence-electron chi connectivity index (χ4n) is 2.04. The van der Waals surface area contributed by atoms with Crippen LogP contribution in [0.25, 0.3) is 0 Å². The molecule has 0 aromatic heterocycles. The molecule has 0 bridgehead atoms. The fourth-order valence-corrected chi connectivity index (χ4v) is 2.04. The van der Waals surface area contributed by atoms with E-state index in [1.54, 1.807) is 0 Å². The average Bonchev–Trinajstić information content (AvgIpc) is 2.18. The molecule has 1 rings (SSSR count). The first-order chi connectivity index (χ1) is 7.13. The number of β-amino-alcohol motifs (C(OH)–C–C–N with tert-alkyl or cyclic N) is 1. The molecule has 0 aromatic rings. The van der Waals surface area contributed by atoms with Crippen molar-refractivity contribution in [3.63, 3.8) is 0 Å². The number of rotatable bonds is 5. The topological polar surface area (TPSA) is 52.7 Å². The Morgan fingerprint density at radius 3 is 2.27 bits per heavy atom. The lowest BCUT2D eigenvalue weighted by Gasteiger charge is -2.37. The van der Waals surface area contributed by atoms with Crippen LogP contribution in [-0.2, 0) is 0 Å². The lowest BCUT2D eigenvalue weighted by atomic mass is 10.2. The molecule has 3 N–H and O–H groups in total. The highest BCUT2D eigenvalue weighted by molar-refractivity contribution is 4.76. The monoisotopic (exact) mass is 215 g/mol. The Morgan fingerprint density at radius 1 is 1.20 bits per heavy atom. The molecular formula is C11H25N3O. The van der Waals surface area contributed by atoms with Crippen LogP contribution in [0.5, 0.6) is 0 Å². The second kappa shape index (κ2) is 6.43. The zero-order valence-electron chi connectivity index (χ0n) is 10.0. The van der Waals surface area contributed by atoms with Crippen LogP contribution in [0.1, 0.15) is 20.3 Å². The van der Waals surface area contributed by atoms with Gasteiger partial charge in [0.15, 0.2) is 0 Å². The summed E-state index contributed by atoms with van der Waals surface area (Å²) in [4.78, 5) is 4.81. The first-order valence-electron chi connectivity index (χ1n) is 5.98. The molecular weight excluding hydrogens is 190 g/mol. The number of aliphatic hydroxyl groups excluding tert-OH is 1. The predicted octanol–water partition coefficient (Wildman–Crippen LogP) is -0.278. The SMILES string of the molecule is CC(C)N1CCN(CC(O)CCN)CC1. The first-order valence-corrected chi connectivity index (χ1v) is 5.98. The van der Waals surface area contributed by atoms with Crippen molar-refractivity contribution in [2.45, 2.75) is 32.4 Å². The number of hydrogen-bond donors (Lipinski definition) is 2. The van der Waals surface area contributed by atoms with E-state index in [2.05, 4.69) is 23.6 Å². The van der Waals surface area contributed by atoms with Crippen molar-refractivity contribution in [1.29, 1.82) is 0 Å². The minimum atomic E-state index is -0.249. The van der Waals surface area contributed by atoms with Gasteiger partial charge in [-0.2, -0.15) is 0 Å². The molecule has 1 fully saturated rings. The van der Waals surface area contributed by atoms with Crippen LogP contribution >= 0.6 is 0 Å². The van der Waals surface area contributed by atoms with E-state index in [1.165, 1.54) is 0 Å². The van der Waals surface area contributed by atoms with E-state index in [0.29, 0.717) is 19.0 Å². The Balaban J connectivity index is 2.19. The van der Waals surface area contributed by atoms with Crippen molar-refractivity contribution in [3.05, 3.63) is 0 Å². The molecule has 0 aliphatic carbocycles. The molecule has 0 spiro atoms. The van der Waals surface area contributed by atoms with Gasteiger partial charge in [0.1, 0.15) is 0 Å². The summed E-state index contributed by atoms with van der Waals surface area (Å²) in [6, 6.07) is 0.640. The highest BCUT2D eigenvalue weighted by Crippen LogP contribution is 2.06. The number of nitrogens with zero attached hydrogens (tertiary/aromatic N) is 2. The van der Waals surface area contributed by atoms with Gasteiger partial charge in [0.05, 0.1) is 6.10 Å². The molecule has 1 aliphatic heterocycles. The predicted molar refractivity (Wildman–Crippen MR) is 62.8 cm³/mol. The van der Waals surface area contributed by atoms with Crippen LogP contribution in [0.3, 0.4) is 0 Å². The molecule has 1 saturated heterocycles. The van der Waals surface area contributed by atoms with E-state index in [0.717, 1.165) is 32.7 Å². The van der Waals surface area contributed by atoms with Crippen molar-refractivity contribution in [2.24, 2.45) is 5.73 Å². The summed E-state index contributed by atoms with van der Waals surface area (Å²) < 4.78 is 0. The zero-order valence-corrected chi connectivity index (χ0v) is 10.0. The minimum absolute atomic E-state index is 0.249. The Labute approximate surface area is 93.0 Å². The van der Waals surface area contributed by atoms with Crippen molar-refractivity contribution < 1.29 is 5.11 Å². The maximum atomic E-state index is 9.64. The third-order valence-corrected chi connectivity index (χ3v) is 3.11. The Bertz CT molecular complexity index is 167. The summed E-state index contributed by atoms with van der Waals surface area (Å²) in [7, 11) is 0. The minimum Gasteiger partial charge on any atom is -0.392 e. The molecule has 15 heavy (non-hydrogen) atoms. The van der Waals surface area contributed by atoms with Gasteiger partial charge in [0.25, 0.3) is 0 Å². The highest BCUT2D eigenvalue weighted by Gasteiger charge is 2.20. The molecule has 90 valence electrons. The Hall–Kier alpha value is -0.160. The number of piperazine rings is 1. The quantitative estimate of drug-likeness (QED) is 0.662. The van der Waals surface area contributed by atoms with E-state index in [4.69, 9.17) is 5.73 Å². The third kappa shape index (κ3) is 4.47. The molecule has 4 heteroatoms. The van der Waals surface area contributed by atoms with Crippen LogP contribution in [0.15, 0.2) is 0 Å². The molecule has 1 unspecified atom stereocenters. The second-order valence-corrected chi connectivity index (χ2v) is 4.66. The summed E-state index contributed by atoms with van der Waals surface area (Å²) in [5, 5.41) is 9.64. The lowest BCUT2D eigenvalue weighted by Crippen LogP contribution is -2.50. The summed E-state index contributed by atoms with van der Waals surface area (Å²) >= 11 is 0. The summed E-state index contributed by atoms with van der Waals surface area (Å²) in [5.41, 5.74) is 5.41. The lowest BCUT2D eigenvalue weighted by molar-refractivity contribution is 0.0600. The third-order valence-electron chi connectivity index (χ3n) is 3.11. The van der Waals surface area contributed by atoms with Crippen molar-refractivity contribution in [3.8, 4) is 0 Å². The van der Waals surface area contributed by atoms with Gasteiger partial charge in [-0.05, 0) is 26.8 Å².